The summed E-state index contributed by atoms with van der Waals surface area (Å²) in [5, 5.41) is 3.11. The highest BCUT2D eigenvalue weighted by molar-refractivity contribution is 6.03. The second-order valence-electron chi connectivity index (χ2n) is 7.21. The van der Waals surface area contributed by atoms with Gasteiger partial charge in [-0.1, -0.05) is 42.5 Å². The van der Waals surface area contributed by atoms with Gasteiger partial charge in [0.05, 0.1) is 16.9 Å². The fraction of sp³-hybridized carbons (Fsp3) is 0.0400. The van der Waals surface area contributed by atoms with Crippen LogP contribution in [0.3, 0.4) is 0 Å². The summed E-state index contributed by atoms with van der Waals surface area (Å²) in [4.78, 5) is 18.0. The van der Waals surface area contributed by atoms with E-state index in [2.05, 4.69) is 23.2 Å². The van der Waals surface area contributed by atoms with Gasteiger partial charge in [-0.05, 0) is 47.2 Å². The van der Waals surface area contributed by atoms with Crippen LogP contribution in [-0.4, -0.2) is 15.3 Å². The maximum absolute atomic E-state index is 13.5. The third kappa shape index (κ3) is 2.39. The Morgan fingerprint density at radius 2 is 1.72 bits per heavy atom. The highest BCUT2D eigenvalue weighted by Crippen LogP contribution is 2.39. The summed E-state index contributed by atoms with van der Waals surface area (Å²) in [5.41, 5.74) is 3.16. The predicted molar refractivity (Wildman–Crippen MR) is 113 cm³/mol. The Labute approximate surface area is 167 Å². The van der Waals surface area contributed by atoms with Crippen LogP contribution in [-0.2, 0) is 0 Å². The fourth-order valence-corrected chi connectivity index (χ4v) is 4.16. The molecule has 138 valence electrons. The average Bonchev–Trinajstić information content (AvgIpc) is 3.22. The lowest BCUT2D eigenvalue weighted by Gasteiger charge is -2.18. The van der Waals surface area contributed by atoms with E-state index in [4.69, 9.17) is 4.74 Å². The highest BCUT2D eigenvalue weighted by Gasteiger charge is 2.32. The van der Waals surface area contributed by atoms with E-state index in [-0.39, 0.29) is 5.78 Å². The molecule has 0 aliphatic carbocycles. The Morgan fingerprint density at radius 3 is 2.62 bits per heavy atom. The summed E-state index contributed by atoms with van der Waals surface area (Å²) in [6, 6.07) is 25.7. The number of benzene rings is 3. The van der Waals surface area contributed by atoms with E-state index in [0.29, 0.717) is 11.4 Å². The first-order valence-corrected chi connectivity index (χ1v) is 9.55. The van der Waals surface area contributed by atoms with Crippen LogP contribution in [0.1, 0.15) is 22.2 Å². The van der Waals surface area contributed by atoms with E-state index in [1.807, 2.05) is 71.4 Å². The number of ether oxygens (including phenoxy) is 1. The Bertz CT molecular complexity index is 1410. The van der Waals surface area contributed by atoms with Gasteiger partial charge in [0, 0.05) is 23.3 Å². The fourth-order valence-electron chi connectivity index (χ4n) is 4.16. The topological polar surface area (TPSA) is 44.1 Å². The molecule has 0 bridgehead atoms. The monoisotopic (exact) mass is 376 g/mol. The SMILES string of the molecule is O=C1c2cccn2-c2cc3ccccc3cc2OC1c1cccc2ncccc12. The van der Waals surface area contributed by atoms with E-state index in [9.17, 15) is 4.79 Å². The molecule has 0 radical (unpaired) electrons. The number of hydrogen-bond donors (Lipinski definition) is 0. The van der Waals surface area contributed by atoms with Crippen molar-refractivity contribution in [1.29, 1.82) is 0 Å². The van der Waals surface area contributed by atoms with Crippen molar-refractivity contribution in [3.63, 3.8) is 0 Å². The number of nitrogens with zero attached hydrogens (tertiary/aromatic N) is 2. The first kappa shape index (κ1) is 16.1. The molecular formula is C25H16N2O2. The number of carbonyl (C=O) groups is 1. The largest absolute Gasteiger partial charge is 0.475 e. The minimum atomic E-state index is -0.737. The highest BCUT2D eigenvalue weighted by atomic mass is 16.5. The van der Waals surface area contributed by atoms with Crippen LogP contribution in [0, 0.1) is 0 Å². The molecule has 0 spiro atoms. The summed E-state index contributed by atoms with van der Waals surface area (Å²) in [5.74, 6) is 0.629. The Kier molecular flexibility index (Phi) is 3.35. The van der Waals surface area contributed by atoms with Gasteiger partial charge in [0.15, 0.2) is 6.10 Å². The summed E-state index contributed by atoms with van der Waals surface area (Å²) in [6.45, 7) is 0. The molecule has 0 amide bonds. The lowest BCUT2D eigenvalue weighted by Crippen LogP contribution is -2.19. The van der Waals surface area contributed by atoms with Crippen molar-refractivity contribution in [1.82, 2.24) is 9.55 Å². The van der Waals surface area contributed by atoms with Crippen molar-refractivity contribution in [2.75, 3.05) is 0 Å². The molecule has 1 atom stereocenters. The van der Waals surface area contributed by atoms with Crippen molar-refractivity contribution in [2.45, 2.75) is 6.10 Å². The quantitative estimate of drug-likeness (QED) is 0.388. The van der Waals surface area contributed by atoms with Crippen LogP contribution in [0.2, 0.25) is 0 Å². The van der Waals surface area contributed by atoms with E-state index < -0.39 is 6.10 Å². The van der Waals surface area contributed by atoms with Crippen LogP contribution < -0.4 is 4.74 Å². The zero-order valence-electron chi connectivity index (χ0n) is 15.4. The number of fused-ring (bicyclic) bond motifs is 5. The lowest BCUT2D eigenvalue weighted by atomic mass is 9.99. The Morgan fingerprint density at radius 1 is 0.862 bits per heavy atom. The van der Waals surface area contributed by atoms with E-state index in [1.54, 1.807) is 6.20 Å². The van der Waals surface area contributed by atoms with Gasteiger partial charge >= 0.3 is 0 Å². The number of Topliss-reactive ketones (excluding diaryl/α,β-unsaturated/α-hetero) is 1. The van der Waals surface area contributed by atoms with Crippen molar-refractivity contribution in [3.05, 3.63) is 103 Å². The molecule has 2 aromatic heterocycles. The number of ketones is 1. The van der Waals surface area contributed by atoms with Crippen molar-refractivity contribution in [3.8, 4) is 11.4 Å². The zero-order valence-corrected chi connectivity index (χ0v) is 15.4. The summed E-state index contributed by atoms with van der Waals surface area (Å²) in [7, 11) is 0. The maximum atomic E-state index is 13.5. The molecule has 5 aromatic rings. The number of pyridine rings is 1. The van der Waals surface area contributed by atoms with Crippen LogP contribution in [0.25, 0.3) is 27.4 Å². The van der Waals surface area contributed by atoms with E-state index in [0.717, 1.165) is 32.9 Å². The van der Waals surface area contributed by atoms with E-state index in [1.165, 1.54) is 0 Å². The zero-order chi connectivity index (χ0) is 19.4. The van der Waals surface area contributed by atoms with Crippen LogP contribution in [0.4, 0.5) is 0 Å². The molecule has 1 aliphatic heterocycles. The van der Waals surface area contributed by atoms with Crippen molar-refractivity contribution in [2.24, 2.45) is 0 Å². The first-order chi connectivity index (χ1) is 14.3. The molecule has 4 nitrogen and oxygen atoms in total. The van der Waals surface area contributed by atoms with Crippen LogP contribution in [0.5, 0.6) is 5.75 Å². The molecule has 1 unspecified atom stereocenters. The maximum Gasteiger partial charge on any atom is 0.224 e. The van der Waals surface area contributed by atoms with E-state index >= 15 is 0 Å². The molecule has 29 heavy (non-hydrogen) atoms. The molecule has 0 saturated carbocycles. The molecule has 0 fully saturated rings. The van der Waals surface area contributed by atoms with Gasteiger partial charge in [-0.2, -0.15) is 0 Å². The Hall–Kier alpha value is -3.92. The number of rotatable bonds is 1. The smallest absolute Gasteiger partial charge is 0.224 e. The number of hydrogen-bond acceptors (Lipinski definition) is 3. The molecule has 0 N–H and O–H groups in total. The van der Waals surface area contributed by atoms with Crippen LogP contribution in [0.15, 0.2) is 91.3 Å². The lowest BCUT2D eigenvalue weighted by molar-refractivity contribution is 0.0798. The van der Waals surface area contributed by atoms with Gasteiger partial charge in [-0.3, -0.25) is 9.78 Å². The van der Waals surface area contributed by atoms with Crippen LogP contribution >= 0.6 is 0 Å². The number of carbonyl (C=O) groups excluding carboxylic acids is 1. The molecule has 3 aromatic carbocycles. The second-order valence-corrected chi connectivity index (χ2v) is 7.21. The number of aromatic nitrogens is 2. The van der Waals surface area contributed by atoms with Gasteiger partial charge < -0.3 is 9.30 Å². The predicted octanol–water partition coefficient (Wildman–Crippen LogP) is 5.50. The summed E-state index contributed by atoms with van der Waals surface area (Å²) < 4.78 is 8.34. The third-order valence-corrected chi connectivity index (χ3v) is 5.53. The third-order valence-electron chi connectivity index (χ3n) is 5.53. The minimum Gasteiger partial charge on any atom is -0.475 e. The van der Waals surface area contributed by atoms with Crippen molar-refractivity contribution < 1.29 is 9.53 Å². The normalized spacial score (nSPS) is 15.6. The standard InChI is InChI=1S/C25H16N2O2/c28-24-21-11-5-13-27(21)22-14-16-6-1-2-7-17(16)15-23(22)29-25(24)19-8-3-10-20-18(19)9-4-12-26-20/h1-15,25H. The minimum absolute atomic E-state index is 0.0633. The second kappa shape index (κ2) is 6.04. The molecule has 3 heterocycles. The van der Waals surface area contributed by atoms with Gasteiger partial charge in [0.1, 0.15) is 5.75 Å². The molecular weight excluding hydrogens is 360 g/mol. The first-order valence-electron chi connectivity index (χ1n) is 9.55. The summed E-state index contributed by atoms with van der Waals surface area (Å²) >= 11 is 0. The molecule has 1 aliphatic rings. The van der Waals surface area contributed by atoms with Gasteiger partial charge in [0.25, 0.3) is 0 Å². The van der Waals surface area contributed by atoms with Gasteiger partial charge in [0.2, 0.25) is 5.78 Å². The Balaban J connectivity index is 1.63. The molecule has 4 heteroatoms. The van der Waals surface area contributed by atoms with Gasteiger partial charge in [-0.15, -0.1) is 0 Å². The molecule has 6 rings (SSSR count). The van der Waals surface area contributed by atoms with Crippen molar-refractivity contribution >= 4 is 27.5 Å². The molecule has 0 saturated heterocycles. The summed E-state index contributed by atoms with van der Waals surface area (Å²) in [6.07, 6.45) is 2.94. The van der Waals surface area contributed by atoms with Gasteiger partial charge in [-0.25, -0.2) is 0 Å². The average molecular weight is 376 g/mol.